The molecular weight excluding hydrogens is 294 g/mol. The number of hydrogen-bond donors (Lipinski definition) is 3. The van der Waals surface area contributed by atoms with E-state index in [-0.39, 0.29) is 6.10 Å². The highest BCUT2D eigenvalue weighted by Gasteiger charge is 2.42. The number of aliphatic hydroxyl groups is 1. The molecule has 5 nitrogen and oxygen atoms in total. The van der Waals surface area contributed by atoms with Gasteiger partial charge in [0, 0.05) is 12.1 Å². The second-order valence-electron chi connectivity index (χ2n) is 5.47. The van der Waals surface area contributed by atoms with Crippen LogP contribution < -0.4 is 16.4 Å². The van der Waals surface area contributed by atoms with Gasteiger partial charge in [0.05, 0.1) is 16.7 Å². The minimum absolute atomic E-state index is 0.200. The molecule has 2 unspecified atom stereocenters. The summed E-state index contributed by atoms with van der Waals surface area (Å²) in [6, 6.07) is 0.710. The molecule has 0 radical (unpaired) electrons. The van der Waals surface area contributed by atoms with Crippen LogP contribution in [0.1, 0.15) is 35.4 Å². The molecule has 2 atom stereocenters. The van der Waals surface area contributed by atoms with E-state index in [1.54, 1.807) is 11.8 Å². The quantitative estimate of drug-likeness (QED) is 0.738. The van der Waals surface area contributed by atoms with Crippen LogP contribution in [-0.2, 0) is 0 Å². The predicted octanol–water partition coefficient (Wildman–Crippen LogP) is 1.64. The smallest absolute Gasteiger partial charge is 0.261 e. The number of piperidine rings is 1. The normalized spacial score (nSPS) is 28.9. The minimum Gasteiger partial charge on any atom is -0.396 e. The molecule has 2 aliphatic rings. The molecule has 7 heteroatoms. The number of carbonyl (C=O) groups excluding carboxylic acids is 1. The van der Waals surface area contributed by atoms with Crippen LogP contribution in [-0.4, -0.2) is 35.5 Å². The van der Waals surface area contributed by atoms with Gasteiger partial charge >= 0.3 is 0 Å². The Balaban J connectivity index is 2.02. The number of primary amides is 1. The van der Waals surface area contributed by atoms with E-state index < -0.39 is 5.91 Å². The molecule has 1 aromatic heterocycles. The van der Waals surface area contributed by atoms with Gasteiger partial charge in [-0.25, -0.2) is 0 Å². The van der Waals surface area contributed by atoms with Crippen molar-refractivity contribution >= 4 is 39.7 Å². The van der Waals surface area contributed by atoms with E-state index in [1.165, 1.54) is 11.3 Å². The van der Waals surface area contributed by atoms with E-state index in [9.17, 15) is 9.90 Å². The average molecular weight is 313 g/mol. The molecule has 2 bridgehead atoms. The molecule has 0 aromatic carbocycles. The van der Waals surface area contributed by atoms with Gasteiger partial charge in [0.2, 0.25) is 0 Å². The van der Waals surface area contributed by atoms with Gasteiger partial charge in [0.15, 0.2) is 0 Å². The van der Waals surface area contributed by atoms with Crippen LogP contribution in [0.25, 0.3) is 0 Å². The number of amides is 1. The number of carbonyl (C=O) groups is 1. The minimum atomic E-state index is -0.460. The molecule has 110 valence electrons. The number of nitrogens with zero attached hydrogens (tertiary/aromatic N) is 1. The third-order valence-electron chi connectivity index (χ3n) is 4.25. The van der Waals surface area contributed by atoms with E-state index in [4.69, 9.17) is 11.5 Å². The number of fused-ring (bicyclic) bond motifs is 2. The zero-order chi connectivity index (χ0) is 14.4. The summed E-state index contributed by atoms with van der Waals surface area (Å²) in [5.41, 5.74) is 12.0. The van der Waals surface area contributed by atoms with E-state index >= 15 is 0 Å². The SMILES string of the molecule is CSc1c(N2C3CCC2CC(O)C3)sc(C(N)=O)c1N. The fourth-order valence-corrected chi connectivity index (χ4v) is 5.60. The summed E-state index contributed by atoms with van der Waals surface area (Å²) in [5, 5.41) is 11.0. The van der Waals surface area contributed by atoms with Gasteiger partial charge < -0.3 is 21.5 Å². The van der Waals surface area contributed by atoms with Crippen molar-refractivity contribution in [2.24, 2.45) is 5.73 Å². The zero-order valence-electron chi connectivity index (χ0n) is 11.3. The number of nitrogen functional groups attached to an aromatic ring is 1. The predicted molar refractivity (Wildman–Crippen MR) is 83.6 cm³/mol. The van der Waals surface area contributed by atoms with E-state index in [2.05, 4.69) is 4.90 Å². The third kappa shape index (κ3) is 2.08. The second kappa shape index (κ2) is 5.13. The standard InChI is InChI=1S/C13H19N3O2S2/c1-19-11-9(14)10(12(15)18)20-13(11)16-6-2-3-7(16)5-8(17)4-6/h6-8,17H,2-5,14H2,1H3,(H2,15,18). The van der Waals surface area contributed by atoms with Gasteiger partial charge in [-0.15, -0.1) is 23.1 Å². The van der Waals surface area contributed by atoms with Crippen molar-refractivity contribution in [3.05, 3.63) is 4.88 Å². The lowest BCUT2D eigenvalue weighted by Crippen LogP contribution is -2.44. The summed E-state index contributed by atoms with van der Waals surface area (Å²) in [6.07, 6.45) is 5.56. The van der Waals surface area contributed by atoms with Crippen molar-refractivity contribution in [3.63, 3.8) is 0 Å². The maximum Gasteiger partial charge on any atom is 0.261 e. The Morgan fingerprint density at radius 1 is 1.40 bits per heavy atom. The number of thiophene rings is 1. The largest absolute Gasteiger partial charge is 0.396 e. The lowest BCUT2D eigenvalue weighted by molar-refractivity contribution is 0.100. The van der Waals surface area contributed by atoms with E-state index in [0.717, 1.165) is 35.6 Å². The first-order chi connectivity index (χ1) is 9.52. The van der Waals surface area contributed by atoms with Gasteiger partial charge in [-0.1, -0.05) is 0 Å². The fraction of sp³-hybridized carbons (Fsp3) is 0.615. The van der Waals surface area contributed by atoms with Crippen molar-refractivity contribution in [2.75, 3.05) is 16.9 Å². The highest BCUT2D eigenvalue weighted by molar-refractivity contribution is 7.99. The number of hydrogen-bond acceptors (Lipinski definition) is 6. The Bertz CT molecular complexity index is 532. The van der Waals surface area contributed by atoms with Crippen molar-refractivity contribution in [1.82, 2.24) is 0 Å². The first-order valence-electron chi connectivity index (χ1n) is 6.75. The topological polar surface area (TPSA) is 92.6 Å². The van der Waals surface area contributed by atoms with Crippen molar-refractivity contribution in [3.8, 4) is 0 Å². The monoisotopic (exact) mass is 313 g/mol. The maximum atomic E-state index is 11.5. The number of aliphatic hydroxyl groups excluding tert-OH is 1. The van der Waals surface area contributed by atoms with E-state index in [1.807, 2.05) is 6.26 Å². The van der Waals surface area contributed by atoms with Crippen molar-refractivity contribution in [2.45, 2.75) is 48.8 Å². The lowest BCUT2D eigenvalue weighted by Gasteiger charge is -2.38. The molecule has 3 heterocycles. The van der Waals surface area contributed by atoms with Gasteiger partial charge in [-0.05, 0) is 31.9 Å². The van der Waals surface area contributed by atoms with Crippen molar-refractivity contribution in [1.29, 1.82) is 0 Å². The highest BCUT2D eigenvalue weighted by Crippen LogP contribution is 2.49. The summed E-state index contributed by atoms with van der Waals surface area (Å²) in [5.74, 6) is -0.460. The molecule has 0 spiro atoms. The fourth-order valence-electron chi connectivity index (χ4n) is 3.45. The summed E-state index contributed by atoms with van der Waals surface area (Å²) in [7, 11) is 0. The van der Waals surface area contributed by atoms with Gasteiger partial charge in [-0.3, -0.25) is 4.79 Å². The summed E-state index contributed by atoms with van der Waals surface area (Å²) in [4.78, 5) is 15.3. The van der Waals surface area contributed by atoms with Gasteiger partial charge in [0.25, 0.3) is 5.91 Å². The van der Waals surface area contributed by atoms with Crippen LogP contribution >= 0.6 is 23.1 Å². The Kier molecular flexibility index (Phi) is 3.60. The summed E-state index contributed by atoms with van der Waals surface area (Å²) < 4.78 is 0. The van der Waals surface area contributed by atoms with Crippen LogP contribution in [0.2, 0.25) is 0 Å². The number of anilines is 2. The van der Waals surface area contributed by atoms with Crippen LogP contribution in [0, 0.1) is 0 Å². The van der Waals surface area contributed by atoms with E-state index in [0.29, 0.717) is 22.6 Å². The highest BCUT2D eigenvalue weighted by atomic mass is 32.2. The lowest BCUT2D eigenvalue weighted by atomic mass is 10.0. The molecular formula is C13H19N3O2S2. The first-order valence-corrected chi connectivity index (χ1v) is 8.79. The molecule has 20 heavy (non-hydrogen) atoms. The first kappa shape index (κ1) is 14.0. The Morgan fingerprint density at radius 3 is 2.50 bits per heavy atom. The van der Waals surface area contributed by atoms with Gasteiger partial charge in [0.1, 0.15) is 9.88 Å². The summed E-state index contributed by atoms with van der Waals surface area (Å²) in [6.45, 7) is 0. The second-order valence-corrected chi connectivity index (χ2v) is 7.28. The van der Waals surface area contributed by atoms with Crippen LogP contribution in [0.4, 0.5) is 10.7 Å². The molecule has 0 saturated carbocycles. The molecule has 5 N–H and O–H groups in total. The molecule has 0 aliphatic carbocycles. The molecule has 2 fully saturated rings. The number of rotatable bonds is 3. The Morgan fingerprint density at radius 2 is 2.00 bits per heavy atom. The van der Waals surface area contributed by atoms with Crippen molar-refractivity contribution < 1.29 is 9.90 Å². The Hall–Kier alpha value is -0.920. The molecule has 2 saturated heterocycles. The Labute approximate surface area is 126 Å². The molecule has 1 amide bonds. The molecule has 1 aromatic rings. The van der Waals surface area contributed by atoms with Crippen LogP contribution in [0.3, 0.4) is 0 Å². The maximum absolute atomic E-state index is 11.5. The number of thioether (sulfide) groups is 1. The zero-order valence-corrected chi connectivity index (χ0v) is 13.0. The summed E-state index contributed by atoms with van der Waals surface area (Å²) >= 11 is 2.96. The molecule has 2 aliphatic heterocycles. The average Bonchev–Trinajstić information content (AvgIpc) is 2.84. The number of nitrogens with two attached hydrogens (primary N) is 2. The molecule has 3 rings (SSSR count). The third-order valence-corrected chi connectivity index (χ3v) is 6.44. The van der Waals surface area contributed by atoms with Crippen LogP contribution in [0.15, 0.2) is 4.90 Å². The van der Waals surface area contributed by atoms with Crippen LogP contribution in [0.5, 0.6) is 0 Å². The van der Waals surface area contributed by atoms with Gasteiger partial charge in [-0.2, -0.15) is 0 Å².